The summed E-state index contributed by atoms with van der Waals surface area (Å²) < 4.78 is 20.7. The minimum absolute atomic E-state index is 0.247. The van der Waals surface area contributed by atoms with Crippen LogP contribution in [0, 0.1) is 11.8 Å². The predicted octanol–water partition coefficient (Wildman–Crippen LogP) is 4.31. The fraction of sp³-hybridized carbons (Fsp3) is 0.882. The molecule has 0 aliphatic heterocycles. The first-order valence-corrected chi connectivity index (χ1v) is 8.55. The van der Waals surface area contributed by atoms with Crippen molar-refractivity contribution in [3.05, 3.63) is 0 Å². The topological polar surface area (TPSA) is 71.1 Å². The maximum Gasteiger partial charge on any atom is 0.508 e. The second kappa shape index (κ2) is 10.3. The summed E-state index contributed by atoms with van der Waals surface area (Å²) in [4.78, 5) is 23.4. The zero-order valence-corrected chi connectivity index (χ0v) is 14.7. The summed E-state index contributed by atoms with van der Waals surface area (Å²) in [5.41, 5.74) is 0. The highest BCUT2D eigenvalue weighted by molar-refractivity contribution is 5.61. The van der Waals surface area contributed by atoms with Gasteiger partial charge in [-0.15, -0.1) is 0 Å². The normalized spacial score (nSPS) is 21.1. The van der Waals surface area contributed by atoms with E-state index in [1.807, 2.05) is 13.8 Å². The highest BCUT2D eigenvalue weighted by atomic mass is 16.8. The quantitative estimate of drug-likeness (QED) is 0.648. The third-order valence-electron chi connectivity index (χ3n) is 3.59. The van der Waals surface area contributed by atoms with E-state index in [-0.39, 0.29) is 5.92 Å². The van der Waals surface area contributed by atoms with Crippen LogP contribution in [0.15, 0.2) is 0 Å². The van der Waals surface area contributed by atoms with Gasteiger partial charge in [0.15, 0.2) is 0 Å². The summed E-state index contributed by atoms with van der Waals surface area (Å²) in [5.74, 6) is 0.709. The zero-order chi connectivity index (χ0) is 17.2. The molecule has 0 aromatic heterocycles. The summed E-state index contributed by atoms with van der Waals surface area (Å²) in [6.45, 7) is 8.67. The predicted molar refractivity (Wildman–Crippen MR) is 85.2 cm³/mol. The number of ether oxygens (including phenoxy) is 4. The van der Waals surface area contributed by atoms with Gasteiger partial charge in [0, 0.05) is 0 Å². The number of hydrogen-bond donors (Lipinski definition) is 0. The van der Waals surface area contributed by atoms with Crippen molar-refractivity contribution in [2.75, 3.05) is 13.2 Å². The Morgan fingerprint density at radius 3 is 1.87 bits per heavy atom. The van der Waals surface area contributed by atoms with E-state index in [1.54, 1.807) is 0 Å². The van der Waals surface area contributed by atoms with Crippen molar-refractivity contribution < 1.29 is 28.5 Å². The molecule has 0 heterocycles. The zero-order valence-electron chi connectivity index (χ0n) is 14.7. The molecule has 1 fully saturated rings. The van der Waals surface area contributed by atoms with Crippen molar-refractivity contribution >= 4 is 12.3 Å². The molecule has 0 bridgehead atoms. The van der Waals surface area contributed by atoms with E-state index >= 15 is 0 Å². The van der Waals surface area contributed by atoms with Gasteiger partial charge in [0.05, 0.1) is 13.2 Å². The van der Waals surface area contributed by atoms with Crippen molar-refractivity contribution in [3.63, 3.8) is 0 Å². The maximum absolute atomic E-state index is 11.7. The Labute approximate surface area is 138 Å². The molecule has 0 N–H and O–H groups in total. The molecule has 0 amide bonds. The largest absolute Gasteiger partial charge is 0.508 e. The number of rotatable bonds is 7. The Bertz CT molecular complexity index is 366. The SMILES string of the molecule is CC(C)CCOC(=O)OC1CCCCC1OC(=O)OCC(C)C. The molecular formula is C17H30O6. The van der Waals surface area contributed by atoms with Crippen LogP contribution in [-0.2, 0) is 18.9 Å². The molecule has 0 aromatic carbocycles. The summed E-state index contributed by atoms with van der Waals surface area (Å²) in [6, 6.07) is 0. The second-order valence-electron chi connectivity index (χ2n) is 6.83. The van der Waals surface area contributed by atoms with Crippen molar-refractivity contribution in [2.24, 2.45) is 11.8 Å². The third-order valence-corrected chi connectivity index (χ3v) is 3.59. The maximum atomic E-state index is 11.7. The molecule has 23 heavy (non-hydrogen) atoms. The van der Waals surface area contributed by atoms with Crippen LogP contribution in [0.1, 0.15) is 59.8 Å². The summed E-state index contributed by atoms with van der Waals surface area (Å²) in [5, 5.41) is 0. The Morgan fingerprint density at radius 2 is 1.39 bits per heavy atom. The molecule has 1 aliphatic rings. The fourth-order valence-electron chi connectivity index (χ4n) is 2.26. The lowest BCUT2D eigenvalue weighted by atomic mass is 9.95. The molecule has 1 saturated carbocycles. The molecule has 0 spiro atoms. The van der Waals surface area contributed by atoms with E-state index in [9.17, 15) is 9.59 Å². The minimum atomic E-state index is -0.702. The molecule has 1 rings (SSSR count). The first kappa shape index (κ1) is 19.6. The van der Waals surface area contributed by atoms with E-state index in [2.05, 4.69) is 13.8 Å². The van der Waals surface area contributed by atoms with Crippen molar-refractivity contribution in [1.29, 1.82) is 0 Å². The van der Waals surface area contributed by atoms with Gasteiger partial charge < -0.3 is 18.9 Å². The molecule has 0 saturated heterocycles. The molecule has 6 heteroatoms. The van der Waals surface area contributed by atoms with Crippen LogP contribution < -0.4 is 0 Å². The Balaban J connectivity index is 2.38. The molecule has 2 unspecified atom stereocenters. The lowest BCUT2D eigenvalue weighted by Gasteiger charge is -2.30. The standard InChI is InChI=1S/C17H30O6/c1-12(2)9-10-20-16(18)22-14-7-5-6-8-15(14)23-17(19)21-11-13(3)4/h12-15H,5-11H2,1-4H3. The lowest BCUT2D eigenvalue weighted by molar-refractivity contribution is -0.0725. The summed E-state index contributed by atoms with van der Waals surface area (Å²) in [6.07, 6.45) is 1.69. The smallest absolute Gasteiger partial charge is 0.434 e. The Morgan fingerprint density at radius 1 is 0.870 bits per heavy atom. The first-order valence-electron chi connectivity index (χ1n) is 8.55. The number of hydrogen-bond acceptors (Lipinski definition) is 6. The van der Waals surface area contributed by atoms with Gasteiger partial charge in [-0.2, -0.15) is 0 Å². The highest BCUT2D eigenvalue weighted by Gasteiger charge is 2.32. The average Bonchev–Trinajstić information content (AvgIpc) is 2.47. The van der Waals surface area contributed by atoms with E-state index in [0.717, 1.165) is 19.3 Å². The van der Waals surface area contributed by atoms with Crippen molar-refractivity contribution in [3.8, 4) is 0 Å². The third kappa shape index (κ3) is 8.67. The van der Waals surface area contributed by atoms with Gasteiger partial charge in [0.25, 0.3) is 0 Å². The van der Waals surface area contributed by atoms with Crippen molar-refractivity contribution in [1.82, 2.24) is 0 Å². The molecule has 1 aliphatic carbocycles. The van der Waals surface area contributed by atoms with E-state index in [0.29, 0.717) is 32.0 Å². The van der Waals surface area contributed by atoms with Crippen LogP contribution in [0.25, 0.3) is 0 Å². The Kier molecular flexibility index (Phi) is 8.81. The van der Waals surface area contributed by atoms with Gasteiger partial charge in [-0.25, -0.2) is 9.59 Å². The van der Waals surface area contributed by atoms with Gasteiger partial charge in [-0.05, 0) is 43.9 Å². The van der Waals surface area contributed by atoms with Crippen LogP contribution in [0.3, 0.4) is 0 Å². The second-order valence-corrected chi connectivity index (χ2v) is 6.83. The minimum Gasteiger partial charge on any atom is -0.434 e. The molecule has 134 valence electrons. The Hall–Kier alpha value is -1.46. The van der Waals surface area contributed by atoms with Gasteiger partial charge in [-0.3, -0.25) is 0 Å². The molecule has 0 aromatic rings. The van der Waals surface area contributed by atoms with Gasteiger partial charge >= 0.3 is 12.3 Å². The fourth-order valence-corrected chi connectivity index (χ4v) is 2.26. The van der Waals surface area contributed by atoms with E-state index < -0.39 is 24.5 Å². The highest BCUT2D eigenvalue weighted by Crippen LogP contribution is 2.25. The van der Waals surface area contributed by atoms with Crippen LogP contribution in [-0.4, -0.2) is 37.7 Å². The van der Waals surface area contributed by atoms with Crippen molar-refractivity contribution in [2.45, 2.75) is 72.0 Å². The van der Waals surface area contributed by atoms with E-state index in [1.165, 1.54) is 0 Å². The monoisotopic (exact) mass is 330 g/mol. The van der Waals surface area contributed by atoms with Crippen LogP contribution in [0.2, 0.25) is 0 Å². The van der Waals surface area contributed by atoms with Gasteiger partial charge in [0.1, 0.15) is 12.2 Å². The van der Waals surface area contributed by atoms with Crippen LogP contribution in [0.5, 0.6) is 0 Å². The number of carbonyl (C=O) groups is 2. The van der Waals surface area contributed by atoms with Gasteiger partial charge in [-0.1, -0.05) is 27.7 Å². The van der Waals surface area contributed by atoms with Crippen LogP contribution in [0.4, 0.5) is 9.59 Å². The number of carbonyl (C=O) groups excluding carboxylic acids is 2. The molecular weight excluding hydrogens is 300 g/mol. The van der Waals surface area contributed by atoms with Gasteiger partial charge in [0.2, 0.25) is 0 Å². The average molecular weight is 330 g/mol. The molecule has 2 atom stereocenters. The molecule has 6 nitrogen and oxygen atoms in total. The van der Waals surface area contributed by atoms with Crippen LogP contribution >= 0.6 is 0 Å². The first-order chi connectivity index (χ1) is 10.9. The van der Waals surface area contributed by atoms with E-state index in [4.69, 9.17) is 18.9 Å². The summed E-state index contributed by atoms with van der Waals surface area (Å²) in [7, 11) is 0. The summed E-state index contributed by atoms with van der Waals surface area (Å²) >= 11 is 0. The lowest BCUT2D eigenvalue weighted by Crippen LogP contribution is -2.38. The molecule has 0 radical (unpaired) electrons.